The molecule has 0 saturated carbocycles. The molecule has 1 aliphatic heterocycles. The molecule has 1 fully saturated rings. The Hall–Kier alpha value is -1.60. The van der Waals surface area contributed by atoms with E-state index in [9.17, 15) is 14.9 Å². The van der Waals surface area contributed by atoms with E-state index in [4.69, 9.17) is 0 Å². The smallest absolute Gasteiger partial charge is 0.282 e. The summed E-state index contributed by atoms with van der Waals surface area (Å²) in [4.78, 5) is 26.0. The van der Waals surface area contributed by atoms with Crippen molar-refractivity contribution in [3.05, 3.63) is 33.9 Å². The Balaban J connectivity index is 1.93. The van der Waals surface area contributed by atoms with Crippen LogP contribution in [-0.2, 0) is 0 Å². The number of nitrogens with one attached hydrogen (secondary N) is 1. The highest BCUT2D eigenvalue weighted by Gasteiger charge is 2.21. The first-order valence-electron chi connectivity index (χ1n) is 7.84. The fraction of sp³-hybridized carbons (Fsp3) is 0.562. The van der Waals surface area contributed by atoms with E-state index in [0.717, 1.165) is 30.4 Å². The van der Waals surface area contributed by atoms with Crippen LogP contribution in [-0.4, -0.2) is 48.2 Å². The number of hydrogen-bond donors (Lipinski definition) is 1. The number of nitro benzene ring substituents is 1. The average molecular weight is 337 g/mol. The highest BCUT2D eigenvalue weighted by molar-refractivity contribution is 7.98. The van der Waals surface area contributed by atoms with E-state index in [1.165, 1.54) is 30.7 Å². The zero-order valence-corrected chi connectivity index (χ0v) is 14.4. The second-order valence-corrected chi connectivity index (χ2v) is 6.80. The van der Waals surface area contributed by atoms with E-state index in [1.54, 1.807) is 12.1 Å². The summed E-state index contributed by atoms with van der Waals surface area (Å²) in [6, 6.07) is 4.64. The van der Waals surface area contributed by atoms with Crippen LogP contribution < -0.4 is 5.32 Å². The van der Waals surface area contributed by atoms with Crippen molar-refractivity contribution < 1.29 is 9.72 Å². The predicted molar refractivity (Wildman–Crippen MR) is 92.0 cm³/mol. The fourth-order valence-corrected chi connectivity index (χ4v) is 3.13. The lowest BCUT2D eigenvalue weighted by atomic mass is 9.99. The van der Waals surface area contributed by atoms with Crippen LogP contribution in [0.25, 0.3) is 0 Å². The molecule has 6 nitrogen and oxygen atoms in total. The summed E-state index contributed by atoms with van der Waals surface area (Å²) in [6.45, 7) is 5.66. The van der Waals surface area contributed by atoms with Crippen molar-refractivity contribution in [2.24, 2.45) is 5.92 Å². The summed E-state index contributed by atoms with van der Waals surface area (Å²) in [7, 11) is 0. The van der Waals surface area contributed by atoms with E-state index in [0.29, 0.717) is 6.54 Å². The van der Waals surface area contributed by atoms with Gasteiger partial charge in [-0.2, -0.15) is 0 Å². The molecule has 1 aromatic rings. The molecular weight excluding hydrogens is 314 g/mol. The standard InChI is InChI=1S/C16H23N3O3S/c1-12-5-8-18(9-6-12)10-7-17-16(20)14-11-13(23-2)3-4-15(14)19(21)22/h3-4,11-12H,5-10H2,1-2H3,(H,17,20). The minimum absolute atomic E-state index is 0.133. The normalized spacial score (nSPS) is 16.3. The Labute approximate surface area is 140 Å². The van der Waals surface area contributed by atoms with Crippen molar-refractivity contribution in [1.82, 2.24) is 10.2 Å². The summed E-state index contributed by atoms with van der Waals surface area (Å²) < 4.78 is 0. The lowest BCUT2D eigenvalue weighted by Crippen LogP contribution is -2.39. The number of amides is 1. The molecule has 7 heteroatoms. The minimum atomic E-state index is -0.509. The number of carbonyl (C=O) groups excluding carboxylic acids is 1. The molecule has 1 heterocycles. The maximum Gasteiger partial charge on any atom is 0.282 e. The van der Waals surface area contributed by atoms with Gasteiger partial charge in [-0.05, 0) is 50.2 Å². The van der Waals surface area contributed by atoms with Crippen LogP contribution in [0.15, 0.2) is 23.1 Å². The lowest BCUT2D eigenvalue weighted by Gasteiger charge is -2.30. The molecule has 0 atom stereocenters. The van der Waals surface area contributed by atoms with E-state index in [-0.39, 0.29) is 17.2 Å². The first-order valence-corrected chi connectivity index (χ1v) is 9.06. The molecule has 1 amide bonds. The number of carbonyl (C=O) groups is 1. The zero-order chi connectivity index (χ0) is 16.8. The summed E-state index contributed by atoms with van der Waals surface area (Å²) >= 11 is 1.46. The molecular formula is C16H23N3O3S. The first kappa shape index (κ1) is 17.7. The molecule has 2 rings (SSSR count). The number of rotatable bonds is 6. The van der Waals surface area contributed by atoms with Crippen molar-refractivity contribution in [3.63, 3.8) is 0 Å². The number of benzene rings is 1. The van der Waals surface area contributed by atoms with Crippen LogP contribution in [0.3, 0.4) is 0 Å². The summed E-state index contributed by atoms with van der Waals surface area (Å²) in [5.41, 5.74) is -0.0128. The highest BCUT2D eigenvalue weighted by Crippen LogP contribution is 2.24. The Morgan fingerprint density at radius 1 is 1.43 bits per heavy atom. The fourth-order valence-electron chi connectivity index (χ4n) is 2.69. The van der Waals surface area contributed by atoms with Crippen molar-refractivity contribution in [1.29, 1.82) is 0 Å². The van der Waals surface area contributed by atoms with E-state index in [1.807, 2.05) is 6.26 Å². The first-order chi connectivity index (χ1) is 11.0. The lowest BCUT2D eigenvalue weighted by molar-refractivity contribution is -0.385. The van der Waals surface area contributed by atoms with Gasteiger partial charge in [0.1, 0.15) is 5.56 Å². The Morgan fingerprint density at radius 2 is 2.13 bits per heavy atom. The monoisotopic (exact) mass is 337 g/mol. The average Bonchev–Trinajstić information content (AvgIpc) is 2.55. The third-order valence-corrected chi connectivity index (χ3v) is 4.96. The molecule has 0 aliphatic carbocycles. The molecule has 1 aliphatic rings. The molecule has 0 spiro atoms. The maximum atomic E-state index is 12.3. The number of nitro groups is 1. The Bertz CT molecular complexity index is 572. The van der Waals surface area contributed by atoms with Crippen LogP contribution in [0, 0.1) is 16.0 Å². The van der Waals surface area contributed by atoms with Crippen LogP contribution in [0.2, 0.25) is 0 Å². The Morgan fingerprint density at radius 3 is 2.74 bits per heavy atom. The molecule has 126 valence electrons. The van der Waals surface area contributed by atoms with Gasteiger partial charge in [0.25, 0.3) is 11.6 Å². The number of likely N-dealkylation sites (tertiary alicyclic amines) is 1. The number of thioether (sulfide) groups is 1. The summed E-state index contributed by atoms with van der Waals surface area (Å²) in [6.07, 6.45) is 4.25. The predicted octanol–water partition coefficient (Wildman–Crippen LogP) is 2.78. The van der Waals surface area contributed by atoms with Crippen LogP contribution in [0.1, 0.15) is 30.1 Å². The molecule has 1 aromatic carbocycles. The van der Waals surface area contributed by atoms with Crippen molar-refractivity contribution in [2.45, 2.75) is 24.7 Å². The van der Waals surface area contributed by atoms with Gasteiger partial charge in [-0.3, -0.25) is 14.9 Å². The van der Waals surface area contributed by atoms with Gasteiger partial charge >= 0.3 is 0 Å². The highest BCUT2D eigenvalue weighted by atomic mass is 32.2. The second-order valence-electron chi connectivity index (χ2n) is 5.92. The number of hydrogen-bond acceptors (Lipinski definition) is 5. The van der Waals surface area contributed by atoms with Gasteiger partial charge in [0.2, 0.25) is 0 Å². The quantitative estimate of drug-likeness (QED) is 0.491. The van der Waals surface area contributed by atoms with Crippen molar-refractivity contribution in [2.75, 3.05) is 32.4 Å². The number of nitrogens with zero attached hydrogens (tertiary/aromatic N) is 2. The van der Waals surface area contributed by atoms with E-state index in [2.05, 4.69) is 17.1 Å². The molecule has 0 bridgehead atoms. The van der Waals surface area contributed by atoms with Gasteiger partial charge < -0.3 is 10.2 Å². The van der Waals surface area contributed by atoms with Gasteiger partial charge in [0, 0.05) is 24.1 Å². The van der Waals surface area contributed by atoms with Gasteiger partial charge in [0.05, 0.1) is 4.92 Å². The molecule has 0 unspecified atom stereocenters. The Kier molecular flexibility index (Phi) is 6.41. The van der Waals surface area contributed by atoms with Crippen LogP contribution in [0.5, 0.6) is 0 Å². The second kappa shape index (κ2) is 8.31. The molecule has 23 heavy (non-hydrogen) atoms. The molecule has 0 aromatic heterocycles. The molecule has 0 radical (unpaired) electrons. The third-order valence-electron chi connectivity index (χ3n) is 4.23. The third kappa shape index (κ3) is 4.94. The maximum absolute atomic E-state index is 12.3. The van der Waals surface area contributed by atoms with E-state index < -0.39 is 4.92 Å². The van der Waals surface area contributed by atoms with Gasteiger partial charge in [-0.25, -0.2) is 0 Å². The van der Waals surface area contributed by atoms with Gasteiger partial charge in [-0.1, -0.05) is 6.92 Å². The van der Waals surface area contributed by atoms with Crippen molar-refractivity contribution in [3.8, 4) is 0 Å². The summed E-state index contributed by atoms with van der Waals surface area (Å²) in [5.74, 6) is 0.399. The number of piperidine rings is 1. The molecule has 1 saturated heterocycles. The van der Waals surface area contributed by atoms with Crippen LogP contribution in [0.4, 0.5) is 5.69 Å². The summed E-state index contributed by atoms with van der Waals surface area (Å²) in [5, 5.41) is 13.9. The van der Waals surface area contributed by atoms with Crippen molar-refractivity contribution >= 4 is 23.4 Å². The minimum Gasteiger partial charge on any atom is -0.351 e. The van der Waals surface area contributed by atoms with Gasteiger partial charge in [0.15, 0.2) is 0 Å². The topological polar surface area (TPSA) is 75.5 Å². The molecule has 1 N–H and O–H groups in total. The SMILES string of the molecule is CSc1ccc([N+](=O)[O-])c(C(=O)NCCN2CCC(C)CC2)c1. The largest absolute Gasteiger partial charge is 0.351 e. The van der Waals surface area contributed by atoms with E-state index >= 15 is 0 Å². The van der Waals surface area contributed by atoms with Gasteiger partial charge in [-0.15, -0.1) is 11.8 Å². The van der Waals surface area contributed by atoms with Crippen LogP contribution >= 0.6 is 11.8 Å². The zero-order valence-electron chi connectivity index (χ0n) is 13.6.